The van der Waals surface area contributed by atoms with E-state index in [2.05, 4.69) is 31.1 Å². The number of amides is 4. The second-order valence-corrected chi connectivity index (χ2v) is 8.30. The quantitative estimate of drug-likeness (QED) is 0.310. The first-order valence-corrected chi connectivity index (χ1v) is 10.7. The zero-order valence-electron chi connectivity index (χ0n) is 18.4. The van der Waals surface area contributed by atoms with E-state index >= 15 is 0 Å². The van der Waals surface area contributed by atoms with Crippen LogP contribution in [-0.2, 0) is 16.9 Å². The van der Waals surface area contributed by atoms with Gasteiger partial charge < -0.3 is 24.7 Å². The smallest absolute Gasteiger partial charge is 0.322 e. The molecule has 2 aliphatic rings. The lowest BCUT2D eigenvalue weighted by Gasteiger charge is -2.28. The molecular formula is C23H19N7O5. The summed E-state index contributed by atoms with van der Waals surface area (Å²) >= 11 is 0. The molecule has 0 spiro atoms. The fraction of sp³-hybridized carbons (Fsp3) is 0.174. The third kappa shape index (κ3) is 3.34. The Hall–Kier alpha value is -4.87. The molecule has 35 heavy (non-hydrogen) atoms. The second-order valence-electron chi connectivity index (χ2n) is 8.30. The van der Waals surface area contributed by atoms with Crippen molar-refractivity contribution < 1.29 is 23.5 Å². The molecule has 4 aromatic rings. The Morgan fingerprint density at radius 3 is 2.83 bits per heavy atom. The van der Waals surface area contributed by atoms with Gasteiger partial charge in [-0.2, -0.15) is 5.10 Å². The molecule has 176 valence electrons. The van der Waals surface area contributed by atoms with Gasteiger partial charge in [0.05, 0.1) is 25.5 Å². The minimum absolute atomic E-state index is 0.125. The van der Waals surface area contributed by atoms with Gasteiger partial charge >= 0.3 is 6.03 Å². The fourth-order valence-corrected chi connectivity index (χ4v) is 4.41. The number of fused-ring (bicyclic) bond motifs is 2. The number of hydrogen-bond donors (Lipinski definition) is 4. The van der Waals surface area contributed by atoms with Crippen molar-refractivity contribution in [2.24, 2.45) is 0 Å². The number of anilines is 2. The van der Waals surface area contributed by atoms with Crippen molar-refractivity contribution in [1.82, 2.24) is 30.7 Å². The topological polar surface area (TPSA) is 154 Å². The van der Waals surface area contributed by atoms with E-state index in [9.17, 15) is 14.4 Å². The summed E-state index contributed by atoms with van der Waals surface area (Å²) in [5.41, 5.74) is 1.30. The van der Waals surface area contributed by atoms with E-state index in [0.29, 0.717) is 28.2 Å². The number of methoxy groups -OCH3 is 1. The predicted molar refractivity (Wildman–Crippen MR) is 122 cm³/mol. The van der Waals surface area contributed by atoms with E-state index < -0.39 is 17.5 Å². The van der Waals surface area contributed by atoms with Gasteiger partial charge in [0.15, 0.2) is 11.1 Å². The third-order valence-electron chi connectivity index (χ3n) is 6.13. The average Bonchev–Trinajstić information content (AvgIpc) is 3.62. The molecular weight excluding hydrogens is 454 g/mol. The van der Waals surface area contributed by atoms with E-state index in [1.54, 1.807) is 42.7 Å². The van der Waals surface area contributed by atoms with Crippen LogP contribution in [0.4, 0.5) is 16.3 Å². The number of hydrogen-bond acceptors (Lipinski definition) is 8. The number of nitrogens with zero attached hydrogens (tertiary/aromatic N) is 3. The zero-order valence-corrected chi connectivity index (χ0v) is 18.4. The number of nitrogens with one attached hydrogen (secondary N) is 4. The van der Waals surface area contributed by atoms with Crippen LogP contribution in [0.25, 0.3) is 11.1 Å². The number of carbonyl (C=O) groups is 3. The van der Waals surface area contributed by atoms with E-state index in [0.717, 1.165) is 11.3 Å². The molecule has 1 atom stereocenters. The summed E-state index contributed by atoms with van der Waals surface area (Å²) in [5, 5.41) is 14.6. The molecule has 1 fully saturated rings. The minimum Gasteiger partial charge on any atom is -0.497 e. The maximum absolute atomic E-state index is 13.1. The molecule has 0 saturated carbocycles. The van der Waals surface area contributed by atoms with E-state index in [1.807, 2.05) is 6.07 Å². The van der Waals surface area contributed by atoms with Crippen molar-refractivity contribution in [2.75, 3.05) is 19.0 Å². The molecule has 4 amide bonds. The molecule has 0 aliphatic carbocycles. The lowest BCUT2D eigenvalue weighted by molar-refractivity contribution is -0.125. The number of H-pyrrole nitrogens is 1. The Morgan fingerprint density at radius 1 is 1.20 bits per heavy atom. The van der Waals surface area contributed by atoms with Gasteiger partial charge in [-0.05, 0) is 29.8 Å². The highest BCUT2D eigenvalue weighted by Crippen LogP contribution is 2.35. The molecule has 12 heteroatoms. The van der Waals surface area contributed by atoms with Crippen LogP contribution in [0.3, 0.4) is 0 Å². The number of ether oxygens (including phenoxy) is 1. The van der Waals surface area contributed by atoms with Gasteiger partial charge in [0.25, 0.3) is 11.8 Å². The van der Waals surface area contributed by atoms with Gasteiger partial charge in [-0.1, -0.05) is 6.07 Å². The van der Waals surface area contributed by atoms with Gasteiger partial charge in [0.1, 0.15) is 22.8 Å². The molecule has 0 bridgehead atoms. The molecule has 6 rings (SSSR count). The number of benzene rings is 1. The number of aromatic amines is 1. The van der Waals surface area contributed by atoms with E-state index in [4.69, 9.17) is 9.15 Å². The normalized spacial score (nSPS) is 19.1. The van der Waals surface area contributed by atoms with Crippen LogP contribution in [-0.4, -0.2) is 51.6 Å². The van der Waals surface area contributed by atoms with Crippen molar-refractivity contribution in [3.05, 3.63) is 65.7 Å². The number of furan rings is 1. The lowest BCUT2D eigenvalue weighted by Crippen LogP contribution is -2.52. The summed E-state index contributed by atoms with van der Waals surface area (Å²) in [6, 6.07) is 9.60. The molecule has 1 aromatic carbocycles. The first-order valence-electron chi connectivity index (χ1n) is 10.7. The summed E-state index contributed by atoms with van der Waals surface area (Å²) in [6.45, 7) is 0.153. The molecule has 3 aromatic heterocycles. The van der Waals surface area contributed by atoms with Crippen LogP contribution in [0.1, 0.15) is 21.7 Å². The van der Waals surface area contributed by atoms with Crippen LogP contribution in [0.15, 0.2) is 53.2 Å². The largest absolute Gasteiger partial charge is 0.497 e. The molecule has 1 unspecified atom stereocenters. The number of aromatic nitrogens is 3. The predicted octanol–water partition coefficient (Wildman–Crippen LogP) is 1.99. The average molecular weight is 473 g/mol. The standard InChI is InChI=1S/C23H19N7O5/c1-34-14-3-2-12-10-30(20(31)15(12)6-14)11-23(21(32)28-22(33)29-23)18-7-16-17(35-18)4-5-19(27-16)26-13-8-24-25-9-13/h2-9H,10-11H2,1H3,(H,24,25)(H,26,27)(H2,28,29,32,33). The first kappa shape index (κ1) is 20.7. The highest BCUT2D eigenvalue weighted by Gasteiger charge is 2.53. The van der Waals surface area contributed by atoms with Crippen molar-refractivity contribution in [3.8, 4) is 5.75 Å². The summed E-state index contributed by atoms with van der Waals surface area (Å²) in [6.07, 6.45) is 3.29. The molecule has 5 heterocycles. The van der Waals surface area contributed by atoms with Crippen molar-refractivity contribution in [2.45, 2.75) is 12.1 Å². The second kappa shape index (κ2) is 7.58. The maximum Gasteiger partial charge on any atom is 0.322 e. The first-order chi connectivity index (χ1) is 16.9. The maximum atomic E-state index is 13.1. The van der Waals surface area contributed by atoms with Gasteiger partial charge in [-0.3, -0.25) is 20.0 Å². The van der Waals surface area contributed by atoms with Crippen molar-refractivity contribution >= 4 is 40.5 Å². The van der Waals surface area contributed by atoms with Gasteiger partial charge in [-0.25, -0.2) is 9.78 Å². The van der Waals surface area contributed by atoms with Crippen LogP contribution in [0.5, 0.6) is 5.75 Å². The van der Waals surface area contributed by atoms with Crippen LogP contribution < -0.4 is 20.7 Å². The van der Waals surface area contributed by atoms with Crippen LogP contribution in [0.2, 0.25) is 0 Å². The lowest BCUT2D eigenvalue weighted by atomic mass is 9.95. The molecule has 2 aliphatic heterocycles. The monoisotopic (exact) mass is 473 g/mol. The summed E-state index contributed by atoms with van der Waals surface area (Å²) in [4.78, 5) is 44.5. The van der Waals surface area contributed by atoms with Gasteiger partial charge in [0.2, 0.25) is 0 Å². The SMILES string of the molecule is COc1ccc2c(c1)C(=O)N(CC1(c3cc4nc(Nc5cn[nH]c5)ccc4o3)NC(=O)NC1=O)C2. The van der Waals surface area contributed by atoms with E-state index in [1.165, 1.54) is 12.0 Å². The number of carbonyl (C=O) groups excluding carboxylic acids is 3. The Kier molecular flexibility index (Phi) is 4.49. The number of urea groups is 1. The highest BCUT2D eigenvalue weighted by molar-refractivity contribution is 6.08. The van der Waals surface area contributed by atoms with Crippen LogP contribution >= 0.6 is 0 Å². The van der Waals surface area contributed by atoms with Gasteiger partial charge in [-0.15, -0.1) is 0 Å². The van der Waals surface area contributed by atoms with E-state index in [-0.39, 0.29) is 24.8 Å². The van der Waals surface area contributed by atoms with Crippen LogP contribution in [0, 0.1) is 0 Å². The van der Waals surface area contributed by atoms with Crippen molar-refractivity contribution in [3.63, 3.8) is 0 Å². The number of rotatable bonds is 6. The molecule has 12 nitrogen and oxygen atoms in total. The highest BCUT2D eigenvalue weighted by atomic mass is 16.5. The van der Waals surface area contributed by atoms with Crippen molar-refractivity contribution in [1.29, 1.82) is 0 Å². The Bertz CT molecular complexity index is 1500. The number of pyridine rings is 1. The van der Waals surface area contributed by atoms with Gasteiger partial charge in [0, 0.05) is 24.4 Å². The summed E-state index contributed by atoms with van der Waals surface area (Å²) in [7, 11) is 1.53. The molecule has 1 saturated heterocycles. The number of imide groups is 1. The third-order valence-corrected chi connectivity index (χ3v) is 6.13. The summed E-state index contributed by atoms with van der Waals surface area (Å²) < 4.78 is 11.2. The minimum atomic E-state index is -1.61. The molecule has 4 N–H and O–H groups in total. The zero-order chi connectivity index (χ0) is 24.2. The molecule has 0 radical (unpaired) electrons. The Labute approximate surface area is 197 Å². The Balaban J connectivity index is 1.35. The summed E-state index contributed by atoms with van der Waals surface area (Å²) in [5.74, 6) is 0.390. The fourth-order valence-electron chi connectivity index (χ4n) is 4.41. The Morgan fingerprint density at radius 2 is 2.09 bits per heavy atom.